The van der Waals surface area contributed by atoms with Gasteiger partial charge >= 0.3 is 0 Å². The third kappa shape index (κ3) is 12.6. The van der Waals surface area contributed by atoms with Crippen LogP contribution >= 0.6 is 11.3 Å². The van der Waals surface area contributed by atoms with Crippen molar-refractivity contribution in [3.8, 4) is 21.9 Å². The number of hydrogen-bond donors (Lipinski definition) is 3. The standard InChI is InChI=1S/C55H65F2N5O8S/c1-33(36-8-10-37(11-9-36)43-18-21-58-45-17-14-40(56)28-44(43)45)47(64)26-35-6-15-42(16-7-35)69-24-22-68-23-25-70-48-27-38(49-34(2)60-32-71-49)12-13-39(48)30-59-51(65)46-29-41(63)31-62(46)52(66)50(54(3,4)5)61-53(67)55(57)19-20-55/h6-7,12-18,21,27-28,32-33,36-37,41,46,50,63H,8-11,19-20,22-26,29-31H2,1-5H3,(H,59,65)(H,61,67)/t33-,36?,37?,41-,46+,50-/m1/s1. The molecule has 3 amide bonds. The summed E-state index contributed by atoms with van der Waals surface area (Å²) in [4.78, 5) is 64.9. The lowest BCUT2D eigenvalue weighted by atomic mass is 9.72. The van der Waals surface area contributed by atoms with Crippen molar-refractivity contribution in [1.29, 1.82) is 0 Å². The number of halogens is 2. The highest BCUT2D eigenvalue weighted by Crippen LogP contribution is 2.42. The zero-order valence-electron chi connectivity index (χ0n) is 41.2. The van der Waals surface area contributed by atoms with Gasteiger partial charge in [-0.05, 0) is 122 Å². The number of carbonyl (C=O) groups is 4. The average Bonchev–Trinajstić information content (AvgIpc) is 3.76. The number of thiazole rings is 1. The monoisotopic (exact) mass is 993 g/mol. The molecule has 4 atom stereocenters. The molecule has 0 bridgehead atoms. The normalized spacial score (nSPS) is 20.5. The van der Waals surface area contributed by atoms with Crippen LogP contribution in [-0.4, -0.2) is 100 Å². The van der Waals surface area contributed by atoms with Gasteiger partial charge in [-0.2, -0.15) is 0 Å². The molecular formula is C55H65F2N5O8S. The number of nitrogens with one attached hydrogen (secondary N) is 2. The molecule has 2 aromatic heterocycles. The lowest BCUT2D eigenvalue weighted by Gasteiger charge is -2.35. The molecule has 2 aliphatic carbocycles. The van der Waals surface area contributed by atoms with E-state index in [1.807, 2.05) is 62.4 Å². The highest BCUT2D eigenvalue weighted by molar-refractivity contribution is 7.13. The smallest absolute Gasteiger partial charge is 0.258 e. The van der Waals surface area contributed by atoms with Gasteiger partial charge in [0.2, 0.25) is 11.8 Å². The number of aliphatic hydroxyl groups is 1. The van der Waals surface area contributed by atoms with Crippen molar-refractivity contribution in [3.63, 3.8) is 0 Å². The van der Waals surface area contributed by atoms with Crippen LogP contribution in [0, 0.1) is 30.0 Å². The van der Waals surface area contributed by atoms with Crippen molar-refractivity contribution in [3.05, 3.63) is 107 Å². The summed E-state index contributed by atoms with van der Waals surface area (Å²) in [6.45, 7) is 10.3. The molecule has 3 N–H and O–H groups in total. The van der Waals surface area contributed by atoms with Crippen LogP contribution in [0.2, 0.25) is 0 Å². The van der Waals surface area contributed by atoms with Crippen LogP contribution in [-0.2, 0) is 36.9 Å². The molecule has 2 saturated carbocycles. The van der Waals surface area contributed by atoms with Gasteiger partial charge in [0.25, 0.3) is 5.91 Å². The third-order valence-electron chi connectivity index (χ3n) is 14.3. The second kappa shape index (κ2) is 22.3. The van der Waals surface area contributed by atoms with Crippen LogP contribution in [0.4, 0.5) is 8.78 Å². The molecule has 1 saturated heterocycles. The minimum atomic E-state index is -1.98. The van der Waals surface area contributed by atoms with Gasteiger partial charge in [0.05, 0.1) is 40.9 Å². The number of pyridine rings is 1. The Bertz CT molecular complexity index is 2700. The summed E-state index contributed by atoms with van der Waals surface area (Å²) in [6, 6.07) is 17.9. The van der Waals surface area contributed by atoms with Crippen LogP contribution < -0.4 is 20.1 Å². The summed E-state index contributed by atoms with van der Waals surface area (Å²) in [5.74, 6) is -0.129. The molecule has 3 fully saturated rings. The van der Waals surface area contributed by atoms with E-state index in [0.29, 0.717) is 48.5 Å². The van der Waals surface area contributed by atoms with Gasteiger partial charge in [0.1, 0.15) is 48.4 Å². The highest BCUT2D eigenvalue weighted by Gasteiger charge is 2.53. The van der Waals surface area contributed by atoms with Crippen LogP contribution in [0.15, 0.2) is 78.4 Å². The van der Waals surface area contributed by atoms with Crippen LogP contribution in [0.25, 0.3) is 21.3 Å². The van der Waals surface area contributed by atoms with Crippen molar-refractivity contribution in [2.24, 2.45) is 17.3 Å². The zero-order valence-corrected chi connectivity index (χ0v) is 42.0. The summed E-state index contributed by atoms with van der Waals surface area (Å²) in [7, 11) is 0. The van der Waals surface area contributed by atoms with Crippen LogP contribution in [0.5, 0.6) is 11.5 Å². The third-order valence-corrected chi connectivity index (χ3v) is 15.3. The molecular weight excluding hydrogens is 929 g/mol. The number of carbonyl (C=O) groups excluding carboxylic acids is 4. The highest BCUT2D eigenvalue weighted by atomic mass is 32.1. The minimum Gasteiger partial charge on any atom is -0.491 e. The van der Waals surface area contributed by atoms with E-state index in [1.54, 1.807) is 44.6 Å². The molecule has 13 nitrogen and oxygen atoms in total. The molecule has 0 radical (unpaired) electrons. The van der Waals surface area contributed by atoms with Gasteiger partial charge < -0.3 is 34.9 Å². The number of amides is 3. The van der Waals surface area contributed by atoms with E-state index in [9.17, 15) is 33.1 Å². The second-order valence-electron chi connectivity index (χ2n) is 20.5. The fraction of sp³-hybridized carbons (Fsp3) is 0.491. The van der Waals surface area contributed by atoms with Crippen molar-refractivity contribution < 1.29 is 47.3 Å². The number of ether oxygens (including phenoxy) is 3. The Morgan fingerprint density at radius 1 is 0.930 bits per heavy atom. The van der Waals surface area contributed by atoms with Crippen LogP contribution in [0.3, 0.4) is 0 Å². The first-order chi connectivity index (χ1) is 34.0. The number of rotatable bonds is 20. The Kier molecular flexibility index (Phi) is 16.2. The number of β-amino-alcohol motifs (C(OH)–C–C–N with tert-alkyl or cyclic N) is 1. The van der Waals surface area contributed by atoms with E-state index in [-0.39, 0.29) is 63.1 Å². The molecule has 0 spiro atoms. The molecule has 378 valence electrons. The summed E-state index contributed by atoms with van der Waals surface area (Å²) in [5.41, 5.74) is 4.33. The Balaban J connectivity index is 0.785. The number of aliphatic hydroxyl groups excluding tert-OH is 1. The van der Waals surface area contributed by atoms with Gasteiger partial charge in [-0.1, -0.05) is 52.0 Å². The lowest BCUT2D eigenvalue weighted by molar-refractivity contribution is -0.145. The predicted molar refractivity (Wildman–Crippen MR) is 267 cm³/mol. The fourth-order valence-electron chi connectivity index (χ4n) is 9.86. The van der Waals surface area contributed by atoms with E-state index >= 15 is 0 Å². The van der Waals surface area contributed by atoms with Crippen molar-refractivity contribution >= 4 is 45.7 Å². The maximum Gasteiger partial charge on any atom is 0.258 e. The zero-order chi connectivity index (χ0) is 50.5. The van der Waals surface area contributed by atoms with E-state index < -0.39 is 47.0 Å². The molecule has 3 aromatic carbocycles. The Morgan fingerprint density at radius 2 is 1.66 bits per heavy atom. The van der Waals surface area contributed by atoms with Gasteiger partial charge in [0, 0.05) is 49.0 Å². The maximum atomic E-state index is 14.6. The fourth-order valence-corrected chi connectivity index (χ4v) is 10.7. The molecule has 0 unspecified atom stereocenters. The maximum absolute atomic E-state index is 14.6. The number of hydrogen-bond acceptors (Lipinski definition) is 11. The van der Waals surface area contributed by atoms with Crippen molar-refractivity contribution in [1.82, 2.24) is 25.5 Å². The molecule has 16 heteroatoms. The SMILES string of the molecule is Cc1ncsc1-c1ccc(CNC(=O)[C@@H]2C[C@@H](O)CN2C(=O)[C@@H](NC(=O)C2(F)CC2)C(C)(C)C)c(OCCOCCOc2ccc(CC(=O)[C@H](C)C3CCC(c4ccnc5ccc(F)cc45)CC3)cc2)c1. The van der Waals surface area contributed by atoms with E-state index in [4.69, 9.17) is 14.2 Å². The second-order valence-corrected chi connectivity index (χ2v) is 21.4. The number of fused-ring (bicyclic) bond motifs is 1. The summed E-state index contributed by atoms with van der Waals surface area (Å²) in [6.07, 6.45) is 5.23. The van der Waals surface area contributed by atoms with Gasteiger partial charge in [0.15, 0.2) is 5.67 Å². The molecule has 71 heavy (non-hydrogen) atoms. The number of aromatic nitrogens is 2. The molecule has 5 aromatic rings. The molecule has 3 aliphatic rings. The summed E-state index contributed by atoms with van der Waals surface area (Å²) in [5, 5.41) is 17.0. The van der Waals surface area contributed by atoms with Crippen molar-refractivity contribution in [2.45, 2.75) is 122 Å². The van der Waals surface area contributed by atoms with Gasteiger partial charge in [-0.25, -0.2) is 13.8 Å². The molecule has 1 aliphatic heterocycles. The summed E-state index contributed by atoms with van der Waals surface area (Å²) >= 11 is 1.50. The summed E-state index contributed by atoms with van der Waals surface area (Å²) < 4.78 is 46.8. The predicted octanol–water partition coefficient (Wildman–Crippen LogP) is 8.61. The molecule has 3 heterocycles. The van der Waals surface area contributed by atoms with E-state index in [1.165, 1.54) is 22.3 Å². The van der Waals surface area contributed by atoms with Crippen LogP contribution in [0.1, 0.15) is 101 Å². The van der Waals surface area contributed by atoms with Gasteiger partial charge in [-0.15, -0.1) is 11.3 Å². The first-order valence-electron chi connectivity index (χ1n) is 24.8. The molecule has 8 rings (SSSR count). The Hall–Kier alpha value is -5.84. The number of nitrogens with zero attached hydrogens (tertiary/aromatic N) is 3. The van der Waals surface area contributed by atoms with Gasteiger partial charge in [-0.3, -0.25) is 24.2 Å². The largest absolute Gasteiger partial charge is 0.491 e. The number of benzene rings is 3. The quantitative estimate of drug-likeness (QED) is 0.0642. The van der Waals surface area contributed by atoms with Crippen molar-refractivity contribution in [2.75, 3.05) is 33.0 Å². The lowest BCUT2D eigenvalue weighted by Crippen LogP contribution is -2.59. The number of ketones is 1. The Morgan fingerprint density at radius 3 is 2.35 bits per heavy atom. The van der Waals surface area contributed by atoms with E-state index in [0.717, 1.165) is 63.8 Å². The minimum absolute atomic E-state index is 0.0105. The first-order valence-corrected chi connectivity index (χ1v) is 25.6. The average molecular weight is 994 g/mol. The Labute approximate surface area is 418 Å². The van der Waals surface area contributed by atoms with E-state index in [2.05, 4.69) is 20.6 Å². The number of alkyl halides is 1. The number of likely N-dealkylation sites (tertiary alicyclic amines) is 1. The number of aryl methyl sites for hydroxylation is 1. The number of Topliss-reactive ketones (excluding diaryl/α,β-unsaturated/α-hetero) is 1. The first kappa shape index (κ1) is 51.5. The topological polar surface area (TPSA) is 169 Å².